The quantitative estimate of drug-likeness (QED) is 0.610. The second-order valence-electron chi connectivity index (χ2n) is 10.7. The fourth-order valence-corrected chi connectivity index (χ4v) is 7.33. The first-order valence-electron chi connectivity index (χ1n) is 10.4. The van der Waals surface area contributed by atoms with Crippen LogP contribution in [-0.2, 0) is 17.3 Å². The van der Waals surface area contributed by atoms with Crippen molar-refractivity contribution in [1.82, 2.24) is 0 Å². The highest BCUT2D eigenvalue weighted by atomic mass is 28.3. The molecule has 1 aliphatic carbocycles. The molecule has 1 aliphatic rings. The molecule has 0 N–H and O–H groups in total. The second kappa shape index (κ2) is 6.91. The van der Waals surface area contributed by atoms with Gasteiger partial charge in [-0.05, 0) is 49.9 Å². The Labute approximate surface area is 172 Å². The number of benzene rings is 2. The van der Waals surface area contributed by atoms with Crippen LogP contribution in [0.5, 0.6) is 5.75 Å². The van der Waals surface area contributed by atoms with Gasteiger partial charge in [-0.15, -0.1) is 0 Å². The molecule has 2 aromatic carbocycles. The highest BCUT2D eigenvalue weighted by Gasteiger charge is 2.36. The summed E-state index contributed by atoms with van der Waals surface area (Å²) in [6, 6.07) is 11.7. The highest BCUT2D eigenvalue weighted by molar-refractivity contribution is 7.01. The Hall–Kier alpha value is -1.80. The van der Waals surface area contributed by atoms with Gasteiger partial charge in [0.05, 0.1) is 7.11 Å². The summed E-state index contributed by atoms with van der Waals surface area (Å²) < 4.78 is 6.11. The van der Waals surface area contributed by atoms with Crippen LogP contribution in [-0.4, -0.2) is 15.2 Å². The summed E-state index contributed by atoms with van der Waals surface area (Å²) in [6.07, 6.45) is 5.67. The number of ether oxygens (including phenoxy) is 1. The van der Waals surface area contributed by atoms with Crippen molar-refractivity contribution >= 4 is 24.5 Å². The van der Waals surface area contributed by atoms with Crippen molar-refractivity contribution in [3.8, 4) is 5.75 Å². The second-order valence-corrected chi connectivity index (χ2v) is 15.0. The molecule has 0 heterocycles. The molecule has 0 unspecified atom stereocenters. The summed E-state index contributed by atoms with van der Waals surface area (Å²) in [7, 11) is -0.137. The molecule has 2 heteroatoms. The molecule has 2 aromatic rings. The normalized spacial score (nSPS) is 14.3. The van der Waals surface area contributed by atoms with Crippen LogP contribution >= 0.6 is 0 Å². The van der Waals surface area contributed by atoms with Crippen LogP contribution in [0.1, 0.15) is 63.8 Å². The predicted octanol–water partition coefficient (Wildman–Crippen LogP) is 5.68. The van der Waals surface area contributed by atoms with Crippen LogP contribution in [0.15, 0.2) is 36.4 Å². The summed E-state index contributed by atoms with van der Waals surface area (Å²) in [5, 5.41) is 2.93. The SMILES string of the molecule is COc1c(C(C)(C)C)cc(C(C)(C)C)cc1[Si](C)(C)c1cccc2c1C=CC2. The van der Waals surface area contributed by atoms with Crippen molar-refractivity contribution in [3.05, 3.63) is 58.7 Å². The van der Waals surface area contributed by atoms with E-state index in [1.165, 1.54) is 32.6 Å². The minimum Gasteiger partial charge on any atom is -0.497 e. The molecular formula is C26H36OSi. The Balaban J connectivity index is 2.34. The number of hydrogen-bond acceptors (Lipinski definition) is 1. The third-order valence-electron chi connectivity index (χ3n) is 6.13. The molecule has 0 saturated heterocycles. The maximum Gasteiger partial charge on any atom is 0.122 e. The molecule has 28 heavy (non-hydrogen) atoms. The molecule has 0 saturated carbocycles. The summed E-state index contributed by atoms with van der Waals surface area (Å²) in [5.74, 6) is 1.09. The lowest BCUT2D eigenvalue weighted by molar-refractivity contribution is 0.400. The van der Waals surface area contributed by atoms with E-state index in [4.69, 9.17) is 4.74 Å². The van der Waals surface area contributed by atoms with E-state index in [9.17, 15) is 0 Å². The number of methoxy groups -OCH3 is 1. The molecule has 0 spiro atoms. The molecule has 0 aromatic heterocycles. The zero-order valence-corrected chi connectivity index (χ0v) is 20.2. The summed E-state index contributed by atoms with van der Waals surface area (Å²) in [5.41, 5.74) is 5.76. The minimum atomic E-state index is -1.97. The molecule has 0 atom stereocenters. The van der Waals surface area contributed by atoms with Gasteiger partial charge in [-0.2, -0.15) is 0 Å². The van der Waals surface area contributed by atoms with Crippen molar-refractivity contribution in [2.45, 2.75) is 71.9 Å². The molecule has 150 valence electrons. The van der Waals surface area contributed by atoms with Crippen LogP contribution in [0.4, 0.5) is 0 Å². The molecule has 0 radical (unpaired) electrons. The fourth-order valence-electron chi connectivity index (χ4n) is 4.28. The van der Waals surface area contributed by atoms with Crippen molar-refractivity contribution in [3.63, 3.8) is 0 Å². The molecule has 1 nitrogen and oxygen atoms in total. The van der Waals surface area contributed by atoms with E-state index in [2.05, 4.69) is 97.1 Å². The van der Waals surface area contributed by atoms with Crippen LogP contribution < -0.4 is 15.1 Å². The molecular weight excluding hydrogens is 356 g/mol. The standard InChI is InChI=1S/C26H36OSi/c1-25(2,3)19-16-21(26(4,5)6)24(27-7)23(17-19)28(8,9)22-15-11-13-18-12-10-14-20(18)22/h10-11,13-17H,12H2,1-9H3. The Morgan fingerprint density at radius 1 is 0.893 bits per heavy atom. The Morgan fingerprint density at radius 2 is 1.57 bits per heavy atom. The zero-order valence-electron chi connectivity index (χ0n) is 19.2. The number of rotatable bonds is 3. The smallest absolute Gasteiger partial charge is 0.122 e. The van der Waals surface area contributed by atoms with Gasteiger partial charge in [-0.1, -0.05) is 97.1 Å². The molecule has 0 amide bonds. The first-order valence-corrected chi connectivity index (χ1v) is 13.4. The van der Waals surface area contributed by atoms with Crippen LogP contribution in [0.25, 0.3) is 6.08 Å². The third-order valence-corrected chi connectivity index (χ3v) is 9.63. The predicted molar refractivity (Wildman–Crippen MR) is 126 cm³/mol. The monoisotopic (exact) mass is 392 g/mol. The van der Waals surface area contributed by atoms with Crippen molar-refractivity contribution < 1.29 is 4.74 Å². The van der Waals surface area contributed by atoms with Gasteiger partial charge in [-0.25, -0.2) is 0 Å². The van der Waals surface area contributed by atoms with Gasteiger partial charge >= 0.3 is 0 Å². The molecule has 3 rings (SSSR count). The van der Waals surface area contributed by atoms with Gasteiger partial charge in [0.2, 0.25) is 0 Å². The minimum absolute atomic E-state index is 0.0321. The highest BCUT2D eigenvalue weighted by Crippen LogP contribution is 2.36. The number of allylic oxidation sites excluding steroid dienone is 1. The van der Waals surface area contributed by atoms with Gasteiger partial charge in [0, 0.05) is 0 Å². The molecule has 0 fully saturated rings. The topological polar surface area (TPSA) is 9.23 Å². The van der Waals surface area contributed by atoms with Crippen molar-refractivity contribution in [1.29, 1.82) is 0 Å². The first kappa shape index (κ1) is 20.9. The molecule has 0 aliphatic heterocycles. The van der Waals surface area contributed by atoms with E-state index in [-0.39, 0.29) is 10.8 Å². The van der Waals surface area contributed by atoms with E-state index in [1.807, 2.05) is 7.11 Å². The lowest BCUT2D eigenvalue weighted by atomic mass is 9.80. The summed E-state index contributed by atoms with van der Waals surface area (Å²) in [6.45, 7) is 18.8. The van der Waals surface area contributed by atoms with Crippen LogP contribution in [0.2, 0.25) is 13.1 Å². The Bertz CT molecular complexity index is 921. The average molecular weight is 393 g/mol. The largest absolute Gasteiger partial charge is 0.497 e. The molecule has 0 bridgehead atoms. The Morgan fingerprint density at radius 3 is 2.14 bits per heavy atom. The average Bonchev–Trinajstić information content (AvgIpc) is 3.07. The van der Waals surface area contributed by atoms with Gasteiger partial charge in [0.15, 0.2) is 0 Å². The van der Waals surface area contributed by atoms with E-state index in [1.54, 1.807) is 0 Å². The van der Waals surface area contributed by atoms with Gasteiger partial charge < -0.3 is 4.74 Å². The van der Waals surface area contributed by atoms with Crippen LogP contribution in [0, 0.1) is 0 Å². The van der Waals surface area contributed by atoms with Crippen molar-refractivity contribution in [2.24, 2.45) is 0 Å². The van der Waals surface area contributed by atoms with E-state index >= 15 is 0 Å². The summed E-state index contributed by atoms with van der Waals surface area (Å²) in [4.78, 5) is 0. The lowest BCUT2D eigenvalue weighted by Gasteiger charge is -2.34. The fraction of sp³-hybridized carbons (Fsp3) is 0.462. The van der Waals surface area contributed by atoms with Crippen LogP contribution in [0.3, 0.4) is 0 Å². The maximum absolute atomic E-state index is 6.11. The number of fused-ring (bicyclic) bond motifs is 1. The maximum atomic E-state index is 6.11. The number of hydrogen-bond donors (Lipinski definition) is 0. The van der Waals surface area contributed by atoms with Gasteiger partial charge in [0.25, 0.3) is 0 Å². The van der Waals surface area contributed by atoms with E-state index in [0.717, 1.165) is 12.2 Å². The lowest BCUT2D eigenvalue weighted by Crippen LogP contribution is -2.55. The van der Waals surface area contributed by atoms with Gasteiger partial charge in [-0.3, -0.25) is 0 Å². The zero-order chi connectivity index (χ0) is 20.9. The summed E-state index contributed by atoms with van der Waals surface area (Å²) >= 11 is 0. The van der Waals surface area contributed by atoms with E-state index < -0.39 is 8.07 Å². The van der Waals surface area contributed by atoms with E-state index in [0.29, 0.717) is 0 Å². The Kier molecular flexibility index (Phi) is 5.16. The van der Waals surface area contributed by atoms with Crippen molar-refractivity contribution in [2.75, 3.05) is 7.11 Å². The third kappa shape index (κ3) is 3.59. The van der Waals surface area contributed by atoms with Gasteiger partial charge in [0.1, 0.15) is 13.8 Å². The first-order chi connectivity index (χ1) is 12.9.